The van der Waals surface area contributed by atoms with Gasteiger partial charge in [-0.3, -0.25) is 9.69 Å². The number of halogens is 1. The number of benzene rings is 1. The van der Waals surface area contributed by atoms with Gasteiger partial charge in [0.2, 0.25) is 0 Å². The van der Waals surface area contributed by atoms with E-state index in [9.17, 15) is 14.3 Å². The van der Waals surface area contributed by atoms with Crippen molar-refractivity contribution in [1.82, 2.24) is 4.90 Å². The summed E-state index contributed by atoms with van der Waals surface area (Å²) in [6, 6.07) is 4.27. The molecule has 2 rings (SSSR count). The second kappa shape index (κ2) is 6.12. The van der Waals surface area contributed by atoms with Gasteiger partial charge in [-0.15, -0.1) is 0 Å². The molecular weight excluding hydrogens is 249 g/mol. The fraction of sp³-hybridized carbons (Fsp3) is 0.500. The fourth-order valence-electron chi connectivity index (χ4n) is 2.43. The molecule has 0 amide bonds. The molecule has 1 unspecified atom stereocenters. The van der Waals surface area contributed by atoms with Crippen LogP contribution in [0, 0.1) is 5.82 Å². The standard InChI is InChI=1S/C14H18FNO3/c1-19-14-5-4-10(7-12(14)15)13(18)8-16-6-2-3-11(16)9-17/h4-5,7,11,17H,2-3,6,8-9H2,1H3. The largest absolute Gasteiger partial charge is 0.494 e. The quantitative estimate of drug-likeness (QED) is 0.821. The lowest BCUT2D eigenvalue weighted by molar-refractivity contribution is 0.0887. The Morgan fingerprint density at radius 2 is 2.37 bits per heavy atom. The lowest BCUT2D eigenvalue weighted by Gasteiger charge is -2.21. The number of Topliss-reactive ketones (excluding diaryl/α,β-unsaturated/α-hetero) is 1. The van der Waals surface area contributed by atoms with Crippen molar-refractivity contribution >= 4 is 5.78 Å². The Balaban J connectivity index is 2.05. The number of methoxy groups -OCH3 is 1. The molecule has 1 heterocycles. The maximum atomic E-state index is 13.5. The minimum atomic E-state index is -0.534. The molecule has 1 fully saturated rings. The van der Waals surface area contributed by atoms with E-state index in [1.807, 2.05) is 4.90 Å². The summed E-state index contributed by atoms with van der Waals surface area (Å²) in [5.41, 5.74) is 0.335. The van der Waals surface area contributed by atoms with E-state index < -0.39 is 5.82 Å². The number of hydrogen-bond donors (Lipinski definition) is 1. The van der Waals surface area contributed by atoms with E-state index >= 15 is 0 Å². The maximum absolute atomic E-state index is 13.5. The molecule has 1 aliphatic heterocycles. The topological polar surface area (TPSA) is 49.8 Å². The number of nitrogens with zero attached hydrogens (tertiary/aromatic N) is 1. The zero-order chi connectivity index (χ0) is 13.8. The summed E-state index contributed by atoms with van der Waals surface area (Å²) in [4.78, 5) is 14.0. The van der Waals surface area contributed by atoms with Crippen LogP contribution in [0.25, 0.3) is 0 Å². The van der Waals surface area contributed by atoms with E-state index in [2.05, 4.69) is 0 Å². The number of carbonyl (C=O) groups excluding carboxylic acids is 1. The van der Waals surface area contributed by atoms with Crippen LogP contribution in [0.4, 0.5) is 4.39 Å². The minimum absolute atomic E-state index is 0.0482. The van der Waals surface area contributed by atoms with Crippen molar-refractivity contribution in [2.75, 3.05) is 26.8 Å². The van der Waals surface area contributed by atoms with Crippen molar-refractivity contribution < 1.29 is 19.0 Å². The first-order valence-electron chi connectivity index (χ1n) is 6.37. The molecule has 0 saturated carbocycles. The van der Waals surface area contributed by atoms with E-state index in [1.54, 1.807) is 6.07 Å². The first-order chi connectivity index (χ1) is 9.15. The van der Waals surface area contributed by atoms with Crippen LogP contribution in [0.1, 0.15) is 23.2 Å². The number of carbonyl (C=O) groups is 1. The van der Waals surface area contributed by atoms with Crippen molar-refractivity contribution in [2.45, 2.75) is 18.9 Å². The molecular formula is C14H18FNO3. The first kappa shape index (κ1) is 14.0. The summed E-state index contributed by atoms with van der Waals surface area (Å²) in [6.45, 7) is 1.08. The number of ether oxygens (including phenoxy) is 1. The predicted molar refractivity (Wildman–Crippen MR) is 69.0 cm³/mol. The molecule has 4 nitrogen and oxygen atoms in total. The molecule has 0 spiro atoms. The van der Waals surface area contributed by atoms with Gasteiger partial charge < -0.3 is 9.84 Å². The minimum Gasteiger partial charge on any atom is -0.494 e. The Morgan fingerprint density at radius 3 is 3.00 bits per heavy atom. The number of ketones is 1. The monoisotopic (exact) mass is 267 g/mol. The molecule has 1 atom stereocenters. The summed E-state index contributed by atoms with van der Waals surface area (Å²) in [5, 5.41) is 9.20. The van der Waals surface area contributed by atoms with E-state index in [0.717, 1.165) is 19.4 Å². The van der Waals surface area contributed by atoms with E-state index in [-0.39, 0.29) is 30.7 Å². The van der Waals surface area contributed by atoms with Crippen LogP contribution >= 0.6 is 0 Å². The highest BCUT2D eigenvalue weighted by Crippen LogP contribution is 2.20. The molecule has 0 aliphatic carbocycles. The van der Waals surface area contributed by atoms with E-state index in [0.29, 0.717) is 5.56 Å². The molecule has 0 bridgehead atoms. The van der Waals surface area contributed by atoms with Gasteiger partial charge in [-0.25, -0.2) is 4.39 Å². The van der Waals surface area contributed by atoms with Crippen LogP contribution in [-0.4, -0.2) is 48.6 Å². The van der Waals surface area contributed by atoms with Crippen LogP contribution in [0.15, 0.2) is 18.2 Å². The van der Waals surface area contributed by atoms with Gasteiger partial charge in [0.05, 0.1) is 20.3 Å². The molecule has 1 aromatic rings. The van der Waals surface area contributed by atoms with Crippen LogP contribution in [-0.2, 0) is 0 Å². The highest BCUT2D eigenvalue weighted by Gasteiger charge is 2.25. The Morgan fingerprint density at radius 1 is 1.58 bits per heavy atom. The summed E-state index contributed by atoms with van der Waals surface area (Å²) >= 11 is 0. The molecule has 1 N–H and O–H groups in total. The zero-order valence-corrected chi connectivity index (χ0v) is 10.9. The normalized spacial score (nSPS) is 19.6. The Labute approximate surface area is 111 Å². The Bertz CT molecular complexity index is 464. The van der Waals surface area contributed by atoms with Gasteiger partial charge in [0.15, 0.2) is 17.3 Å². The van der Waals surface area contributed by atoms with Gasteiger partial charge in [0.25, 0.3) is 0 Å². The average molecular weight is 267 g/mol. The SMILES string of the molecule is COc1ccc(C(=O)CN2CCCC2CO)cc1F. The third kappa shape index (κ3) is 3.11. The lowest BCUT2D eigenvalue weighted by atomic mass is 10.1. The van der Waals surface area contributed by atoms with Crippen molar-refractivity contribution in [2.24, 2.45) is 0 Å². The lowest BCUT2D eigenvalue weighted by Crippen LogP contribution is -2.36. The highest BCUT2D eigenvalue weighted by atomic mass is 19.1. The van der Waals surface area contributed by atoms with Crippen LogP contribution in [0.2, 0.25) is 0 Å². The summed E-state index contributed by atoms with van der Waals surface area (Å²) in [7, 11) is 1.38. The zero-order valence-electron chi connectivity index (χ0n) is 10.9. The number of hydrogen-bond acceptors (Lipinski definition) is 4. The molecule has 0 aromatic heterocycles. The third-order valence-electron chi connectivity index (χ3n) is 3.53. The highest BCUT2D eigenvalue weighted by molar-refractivity contribution is 5.97. The van der Waals surface area contributed by atoms with Gasteiger partial charge in [-0.05, 0) is 37.6 Å². The number of rotatable bonds is 5. The number of aliphatic hydroxyl groups excluding tert-OH is 1. The number of aliphatic hydroxyl groups is 1. The smallest absolute Gasteiger partial charge is 0.176 e. The molecule has 104 valence electrons. The number of likely N-dealkylation sites (tertiary alicyclic amines) is 1. The third-order valence-corrected chi connectivity index (χ3v) is 3.53. The second-order valence-corrected chi connectivity index (χ2v) is 4.72. The van der Waals surface area contributed by atoms with E-state index in [4.69, 9.17) is 4.74 Å². The van der Waals surface area contributed by atoms with Crippen molar-refractivity contribution in [3.05, 3.63) is 29.6 Å². The van der Waals surface area contributed by atoms with Gasteiger partial charge in [0, 0.05) is 11.6 Å². The van der Waals surface area contributed by atoms with Crippen molar-refractivity contribution in [3.63, 3.8) is 0 Å². The molecule has 1 aromatic carbocycles. The van der Waals surface area contributed by atoms with Gasteiger partial charge >= 0.3 is 0 Å². The van der Waals surface area contributed by atoms with E-state index in [1.165, 1.54) is 19.2 Å². The van der Waals surface area contributed by atoms with Gasteiger partial charge in [-0.1, -0.05) is 0 Å². The Hall–Kier alpha value is -1.46. The van der Waals surface area contributed by atoms with Crippen LogP contribution in [0.3, 0.4) is 0 Å². The van der Waals surface area contributed by atoms with Crippen molar-refractivity contribution in [1.29, 1.82) is 0 Å². The summed E-state index contributed by atoms with van der Waals surface area (Å²) in [6.07, 6.45) is 1.89. The summed E-state index contributed by atoms with van der Waals surface area (Å²) < 4.78 is 18.4. The molecule has 1 saturated heterocycles. The molecule has 0 radical (unpaired) electrons. The summed E-state index contributed by atoms with van der Waals surface area (Å²) in [5.74, 6) is -0.540. The first-order valence-corrected chi connectivity index (χ1v) is 6.37. The molecule has 5 heteroatoms. The fourth-order valence-corrected chi connectivity index (χ4v) is 2.43. The average Bonchev–Trinajstić information content (AvgIpc) is 2.85. The van der Waals surface area contributed by atoms with Gasteiger partial charge in [-0.2, -0.15) is 0 Å². The van der Waals surface area contributed by atoms with Crippen LogP contribution < -0.4 is 4.74 Å². The van der Waals surface area contributed by atoms with Crippen molar-refractivity contribution in [3.8, 4) is 5.75 Å². The predicted octanol–water partition coefficient (Wildman–Crippen LogP) is 1.47. The Kier molecular flexibility index (Phi) is 4.50. The van der Waals surface area contributed by atoms with Gasteiger partial charge in [0.1, 0.15) is 0 Å². The second-order valence-electron chi connectivity index (χ2n) is 4.72. The van der Waals surface area contributed by atoms with Crippen LogP contribution in [0.5, 0.6) is 5.75 Å². The molecule has 19 heavy (non-hydrogen) atoms. The maximum Gasteiger partial charge on any atom is 0.176 e. The molecule has 1 aliphatic rings.